The summed E-state index contributed by atoms with van der Waals surface area (Å²) in [5, 5.41) is 19.5. The molecule has 0 radical (unpaired) electrons. The summed E-state index contributed by atoms with van der Waals surface area (Å²) in [4.78, 5) is 36.7. The zero-order valence-corrected chi connectivity index (χ0v) is 24.1. The van der Waals surface area contributed by atoms with Gasteiger partial charge in [0.1, 0.15) is 12.4 Å². The monoisotopic (exact) mass is 534 g/mol. The highest BCUT2D eigenvalue weighted by molar-refractivity contribution is 5.96. The van der Waals surface area contributed by atoms with Gasteiger partial charge in [0.2, 0.25) is 11.8 Å². The lowest BCUT2D eigenvalue weighted by molar-refractivity contribution is -0.127. The first-order valence-electron chi connectivity index (χ1n) is 13.9. The number of nitrogens with two attached hydrogens (primary N) is 1. The van der Waals surface area contributed by atoms with E-state index in [-0.39, 0.29) is 48.0 Å². The molecule has 0 heterocycles. The summed E-state index contributed by atoms with van der Waals surface area (Å²) in [6.07, 6.45) is 1.92. The number of hydrogen-bond donors (Lipinski definition) is 5. The predicted molar refractivity (Wildman–Crippen MR) is 151 cm³/mol. The summed E-state index contributed by atoms with van der Waals surface area (Å²) in [6, 6.07) is 6.45. The largest absolute Gasteiger partial charge is 0.491 e. The van der Waals surface area contributed by atoms with Crippen LogP contribution < -0.4 is 26.4 Å². The Morgan fingerprint density at radius 1 is 0.974 bits per heavy atom. The minimum absolute atomic E-state index is 0.0346. The van der Waals surface area contributed by atoms with Gasteiger partial charge in [-0.15, -0.1) is 0 Å². The standard InChI is InChI=1S/C29H50N4O5/c1-7-8-13-32-29(37)24(20(4)5)17-26(35)25(30)16-22(19(2)3)18-33-28(36)23-11-9-10-12-27(23)38-15-14-31-21(6)34/h9-12,19-20,22,24-26,35H,7-8,13-18,30H2,1-6H3,(H,31,34)(H,32,37)(H,33,36)/t22-,24+,25+,26+/m1/s1. The molecule has 0 bridgehead atoms. The Bertz CT molecular complexity index is 861. The number of para-hydroxylation sites is 1. The summed E-state index contributed by atoms with van der Waals surface area (Å²) in [6.45, 7) is 13.2. The molecule has 1 aromatic carbocycles. The number of nitrogens with one attached hydrogen (secondary N) is 3. The fraction of sp³-hybridized carbons (Fsp3) is 0.690. The van der Waals surface area contributed by atoms with E-state index in [1.54, 1.807) is 24.3 Å². The van der Waals surface area contributed by atoms with Gasteiger partial charge in [0.05, 0.1) is 18.2 Å². The SMILES string of the molecule is CCCCNC(=O)[C@@H](C[C@H](O)[C@@H](N)C[C@H](CNC(=O)c1ccccc1OCCNC(C)=O)C(C)C)C(C)C. The number of carbonyl (C=O) groups is 3. The Balaban J connectivity index is 2.72. The minimum Gasteiger partial charge on any atom is -0.491 e. The maximum absolute atomic E-state index is 13.0. The maximum atomic E-state index is 13.0. The van der Waals surface area contributed by atoms with Crippen molar-refractivity contribution < 1.29 is 24.2 Å². The second kappa shape index (κ2) is 17.8. The van der Waals surface area contributed by atoms with Crippen LogP contribution in [0.2, 0.25) is 0 Å². The summed E-state index contributed by atoms with van der Waals surface area (Å²) in [5.41, 5.74) is 6.83. The van der Waals surface area contributed by atoms with E-state index in [0.717, 1.165) is 12.8 Å². The second-order valence-electron chi connectivity index (χ2n) is 10.7. The lowest BCUT2D eigenvalue weighted by Crippen LogP contribution is -2.44. The number of carbonyl (C=O) groups excluding carboxylic acids is 3. The quantitative estimate of drug-likeness (QED) is 0.183. The highest BCUT2D eigenvalue weighted by atomic mass is 16.5. The smallest absolute Gasteiger partial charge is 0.255 e. The van der Waals surface area contributed by atoms with E-state index in [1.807, 2.05) is 13.8 Å². The Hall–Kier alpha value is -2.65. The van der Waals surface area contributed by atoms with Gasteiger partial charge >= 0.3 is 0 Å². The van der Waals surface area contributed by atoms with Gasteiger partial charge in [-0.3, -0.25) is 14.4 Å². The molecule has 0 aliphatic heterocycles. The third kappa shape index (κ3) is 12.3. The average molecular weight is 535 g/mol. The van der Waals surface area contributed by atoms with Crippen LogP contribution in [0.15, 0.2) is 24.3 Å². The van der Waals surface area contributed by atoms with Gasteiger partial charge in [-0.2, -0.15) is 0 Å². The van der Waals surface area contributed by atoms with Crippen molar-refractivity contribution in [1.29, 1.82) is 0 Å². The molecule has 0 aromatic heterocycles. The molecular formula is C29H50N4O5. The molecule has 4 atom stereocenters. The zero-order valence-electron chi connectivity index (χ0n) is 24.1. The summed E-state index contributed by atoms with van der Waals surface area (Å²) >= 11 is 0. The van der Waals surface area contributed by atoms with Crippen LogP contribution in [0.5, 0.6) is 5.75 Å². The van der Waals surface area contributed by atoms with Crippen LogP contribution in [-0.4, -0.2) is 61.2 Å². The molecule has 38 heavy (non-hydrogen) atoms. The number of rotatable bonds is 18. The first kappa shape index (κ1) is 33.4. The summed E-state index contributed by atoms with van der Waals surface area (Å²) in [5.74, 6) is 0.0294. The maximum Gasteiger partial charge on any atom is 0.255 e. The lowest BCUT2D eigenvalue weighted by atomic mass is 9.83. The molecule has 0 saturated heterocycles. The average Bonchev–Trinajstić information content (AvgIpc) is 2.86. The van der Waals surface area contributed by atoms with Gasteiger partial charge in [0.15, 0.2) is 0 Å². The van der Waals surface area contributed by atoms with Crippen LogP contribution in [-0.2, 0) is 9.59 Å². The van der Waals surface area contributed by atoms with E-state index in [2.05, 4.69) is 36.7 Å². The van der Waals surface area contributed by atoms with Crippen LogP contribution in [0.25, 0.3) is 0 Å². The molecule has 0 saturated carbocycles. The Morgan fingerprint density at radius 3 is 2.26 bits per heavy atom. The van der Waals surface area contributed by atoms with Crippen LogP contribution in [0.3, 0.4) is 0 Å². The molecule has 0 unspecified atom stereocenters. The molecule has 1 rings (SSSR count). The first-order chi connectivity index (χ1) is 18.0. The number of aliphatic hydroxyl groups is 1. The minimum atomic E-state index is -0.825. The van der Waals surface area contributed by atoms with Crippen molar-refractivity contribution in [1.82, 2.24) is 16.0 Å². The molecule has 0 spiro atoms. The van der Waals surface area contributed by atoms with E-state index < -0.39 is 12.1 Å². The second-order valence-corrected chi connectivity index (χ2v) is 10.7. The third-order valence-electron chi connectivity index (χ3n) is 6.87. The van der Waals surface area contributed by atoms with E-state index in [9.17, 15) is 19.5 Å². The van der Waals surface area contributed by atoms with Gasteiger partial charge in [-0.05, 0) is 49.1 Å². The van der Waals surface area contributed by atoms with Crippen molar-refractivity contribution in [2.45, 2.75) is 79.4 Å². The van der Waals surface area contributed by atoms with Gasteiger partial charge in [-0.25, -0.2) is 0 Å². The van der Waals surface area contributed by atoms with Gasteiger partial charge in [-0.1, -0.05) is 53.2 Å². The van der Waals surface area contributed by atoms with Crippen molar-refractivity contribution in [2.75, 3.05) is 26.2 Å². The van der Waals surface area contributed by atoms with Crippen molar-refractivity contribution >= 4 is 17.7 Å². The molecule has 9 nitrogen and oxygen atoms in total. The van der Waals surface area contributed by atoms with Crippen LogP contribution in [0.4, 0.5) is 0 Å². The van der Waals surface area contributed by atoms with Crippen LogP contribution in [0.1, 0.15) is 77.6 Å². The van der Waals surface area contributed by atoms with E-state index in [4.69, 9.17) is 10.5 Å². The number of hydrogen-bond acceptors (Lipinski definition) is 6. The predicted octanol–water partition coefficient (Wildman–Crippen LogP) is 2.86. The number of ether oxygens (including phenoxy) is 1. The highest BCUT2D eigenvalue weighted by Crippen LogP contribution is 2.24. The molecule has 9 heteroatoms. The van der Waals surface area contributed by atoms with E-state index in [1.165, 1.54) is 6.92 Å². The Labute approximate surface area is 228 Å². The van der Waals surface area contributed by atoms with Gasteiger partial charge in [0, 0.05) is 32.0 Å². The summed E-state index contributed by atoms with van der Waals surface area (Å²) in [7, 11) is 0. The molecule has 0 aliphatic carbocycles. The zero-order chi connectivity index (χ0) is 28.7. The number of benzene rings is 1. The molecular weight excluding hydrogens is 484 g/mol. The molecule has 216 valence electrons. The van der Waals surface area contributed by atoms with Crippen LogP contribution >= 0.6 is 0 Å². The van der Waals surface area contributed by atoms with Crippen molar-refractivity contribution in [3.8, 4) is 5.75 Å². The fourth-order valence-corrected chi connectivity index (χ4v) is 4.22. The Morgan fingerprint density at radius 2 is 1.66 bits per heavy atom. The first-order valence-corrected chi connectivity index (χ1v) is 13.9. The van der Waals surface area contributed by atoms with Crippen LogP contribution in [0, 0.1) is 23.7 Å². The number of aliphatic hydroxyl groups excluding tert-OH is 1. The molecule has 1 aromatic rings. The van der Waals surface area contributed by atoms with Crippen molar-refractivity contribution in [3.63, 3.8) is 0 Å². The van der Waals surface area contributed by atoms with Gasteiger partial charge < -0.3 is 31.5 Å². The Kier molecular flexibility index (Phi) is 15.6. The molecule has 0 aliphatic rings. The normalized spacial score (nSPS) is 14.5. The molecule has 3 amide bonds. The topological polar surface area (TPSA) is 143 Å². The molecule has 0 fully saturated rings. The summed E-state index contributed by atoms with van der Waals surface area (Å²) < 4.78 is 5.70. The number of unbranched alkanes of at least 4 members (excludes halogenated alkanes) is 1. The van der Waals surface area contributed by atoms with E-state index >= 15 is 0 Å². The van der Waals surface area contributed by atoms with Gasteiger partial charge in [0.25, 0.3) is 5.91 Å². The number of amides is 3. The van der Waals surface area contributed by atoms with E-state index in [0.29, 0.717) is 43.8 Å². The van der Waals surface area contributed by atoms with Crippen molar-refractivity contribution in [3.05, 3.63) is 29.8 Å². The third-order valence-corrected chi connectivity index (χ3v) is 6.87. The lowest BCUT2D eigenvalue weighted by Gasteiger charge is -2.30. The fourth-order valence-electron chi connectivity index (χ4n) is 4.22. The molecule has 6 N–H and O–H groups in total. The van der Waals surface area contributed by atoms with Crippen molar-refractivity contribution in [2.24, 2.45) is 29.4 Å². The highest BCUT2D eigenvalue weighted by Gasteiger charge is 2.29.